The molecule has 7 nitrogen and oxygen atoms in total. The summed E-state index contributed by atoms with van der Waals surface area (Å²) < 4.78 is 8.08. The molecule has 40 heavy (non-hydrogen) atoms. The number of thioether (sulfide) groups is 1. The second-order valence-corrected chi connectivity index (χ2v) is 11.4. The molecule has 0 N–H and O–H groups in total. The molecule has 0 bridgehead atoms. The predicted molar refractivity (Wildman–Crippen MR) is 168 cm³/mol. The number of amides is 1. The summed E-state index contributed by atoms with van der Waals surface area (Å²) in [6.07, 6.45) is 1.66. The Hall–Kier alpha value is -4.12. The van der Waals surface area contributed by atoms with E-state index in [2.05, 4.69) is 6.58 Å². The van der Waals surface area contributed by atoms with E-state index in [9.17, 15) is 9.59 Å². The first-order valence-corrected chi connectivity index (χ1v) is 14.5. The molecule has 200 valence electrons. The number of anilines is 3. The first-order chi connectivity index (χ1) is 19.4. The van der Waals surface area contributed by atoms with Gasteiger partial charge in [-0.2, -0.15) is 0 Å². The average molecular weight is 585 g/mol. The number of ether oxygens (including phenoxy) is 1. The third-order valence-electron chi connectivity index (χ3n) is 6.67. The molecule has 0 unspecified atom stereocenters. The van der Waals surface area contributed by atoms with Crippen LogP contribution in [0.1, 0.15) is 0 Å². The number of thiocarbonyl (C=S) groups is 1. The Morgan fingerprint density at radius 2 is 1.60 bits per heavy atom. The maximum absolute atomic E-state index is 14.2. The Labute approximate surface area is 244 Å². The Kier molecular flexibility index (Phi) is 6.83. The molecule has 6 rings (SSSR count). The van der Waals surface area contributed by atoms with E-state index in [0.717, 1.165) is 27.0 Å². The van der Waals surface area contributed by atoms with Crippen molar-refractivity contribution in [2.45, 2.75) is 11.4 Å². The third kappa shape index (κ3) is 4.16. The highest BCUT2D eigenvalue weighted by molar-refractivity contribution is 8.08. The SMILES string of the molecule is C=CCn1c(=C2C(=O)N(c3ccccc3)C(=S)N2c2ccccc2)sc(=C2Sc3ccc(OC)cc3N2C)c1=O. The van der Waals surface area contributed by atoms with Gasteiger partial charge in [0.25, 0.3) is 11.5 Å². The van der Waals surface area contributed by atoms with E-state index in [1.165, 1.54) is 28.0 Å². The van der Waals surface area contributed by atoms with Crippen molar-refractivity contribution in [2.75, 3.05) is 28.9 Å². The van der Waals surface area contributed by atoms with E-state index in [0.29, 0.717) is 25.7 Å². The van der Waals surface area contributed by atoms with Crippen LogP contribution in [0.4, 0.5) is 17.1 Å². The van der Waals surface area contributed by atoms with Gasteiger partial charge in [-0.1, -0.05) is 54.2 Å². The highest BCUT2D eigenvalue weighted by atomic mass is 32.2. The number of hydrogen-bond acceptors (Lipinski definition) is 7. The number of hydrogen-bond donors (Lipinski definition) is 0. The minimum atomic E-state index is -0.295. The van der Waals surface area contributed by atoms with Crippen molar-refractivity contribution in [3.05, 3.63) is 111 Å². The lowest BCUT2D eigenvalue weighted by Crippen LogP contribution is -2.36. The summed E-state index contributed by atoms with van der Waals surface area (Å²) in [5.41, 5.74) is 2.50. The summed E-state index contributed by atoms with van der Waals surface area (Å²) in [5, 5.41) is 1.12. The lowest BCUT2D eigenvalue weighted by atomic mass is 10.3. The van der Waals surface area contributed by atoms with E-state index in [4.69, 9.17) is 17.0 Å². The molecule has 4 aromatic rings. The molecular formula is C30H24N4O3S3. The largest absolute Gasteiger partial charge is 0.497 e. The molecule has 1 fully saturated rings. The highest BCUT2D eigenvalue weighted by Crippen LogP contribution is 2.46. The van der Waals surface area contributed by atoms with Gasteiger partial charge in [0.15, 0.2) is 5.11 Å². The van der Waals surface area contributed by atoms with E-state index < -0.39 is 0 Å². The Morgan fingerprint density at radius 1 is 0.950 bits per heavy atom. The summed E-state index contributed by atoms with van der Waals surface area (Å²) >= 11 is 8.72. The summed E-state index contributed by atoms with van der Waals surface area (Å²) in [4.78, 5) is 34.5. The number of methoxy groups -OCH3 is 1. The number of fused-ring (bicyclic) bond motifs is 1. The fourth-order valence-corrected chi connectivity index (χ4v) is 7.62. The molecule has 0 aliphatic carbocycles. The number of para-hydroxylation sites is 2. The monoisotopic (exact) mass is 584 g/mol. The zero-order valence-corrected chi connectivity index (χ0v) is 24.2. The molecule has 0 atom stereocenters. The van der Waals surface area contributed by atoms with Crippen LogP contribution < -0.4 is 34.2 Å². The number of carbonyl (C=O) groups is 1. The number of thiazole rings is 1. The fourth-order valence-electron chi connectivity index (χ4n) is 4.76. The number of nitrogens with zero attached hydrogens (tertiary/aromatic N) is 4. The topological polar surface area (TPSA) is 58.0 Å². The zero-order valence-electron chi connectivity index (χ0n) is 21.7. The molecule has 3 aromatic carbocycles. The Morgan fingerprint density at radius 3 is 2.23 bits per heavy atom. The van der Waals surface area contributed by atoms with Crippen molar-refractivity contribution >= 4 is 74.1 Å². The molecule has 2 aliphatic rings. The van der Waals surface area contributed by atoms with E-state index in [1.54, 1.807) is 22.7 Å². The second-order valence-electron chi connectivity index (χ2n) is 9.02. The molecule has 3 heterocycles. The number of allylic oxidation sites excluding steroid dienone is 1. The van der Waals surface area contributed by atoms with E-state index in [1.807, 2.05) is 90.8 Å². The van der Waals surface area contributed by atoms with Crippen molar-refractivity contribution in [1.29, 1.82) is 0 Å². The predicted octanol–water partition coefficient (Wildman–Crippen LogP) is 4.36. The molecule has 1 aromatic heterocycles. The van der Waals surface area contributed by atoms with Crippen LogP contribution in [-0.4, -0.2) is 29.7 Å². The number of carbonyl (C=O) groups excluding carboxylic acids is 1. The third-order valence-corrected chi connectivity index (χ3v) is 9.58. The average Bonchev–Trinajstić information content (AvgIpc) is 3.57. The van der Waals surface area contributed by atoms with Crippen LogP contribution in [0.2, 0.25) is 0 Å². The summed E-state index contributed by atoms with van der Waals surface area (Å²) in [7, 11) is 3.56. The molecule has 0 saturated carbocycles. The Bertz CT molecular complexity index is 1850. The summed E-state index contributed by atoms with van der Waals surface area (Å²) in [5.74, 6) is 0.444. The zero-order chi connectivity index (χ0) is 28.0. The highest BCUT2D eigenvalue weighted by Gasteiger charge is 2.41. The van der Waals surface area contributed by atoms with Crippen LogP contribution in [0.25, 0.3) is 10.7 Å². The second kappa shape index (κ2) is 10.5. The van der Waals surface area contributed by atoms with Gasteiger partial charge in [0, 0.05) is 30.2 Å². The van der Waals surface area contributed by atoms with Crippen molar-refractivity contribution < 1.29 is 9.53 Å². The number of aromatic nitrogens is 1. The van der Waals surface area contributed by atoms with Crippen molar-refractivity contribution in [2.24, 2.45) is 0 Å². The lowest BCUT2D eigenvalue weighted by molar-refractivity contribution is -0.112. The van der Waals surface area contributed by atoms with Crippen molar-refractivity contribution in [3.63, 3.8) is 0 Å². The van der Waals surface area contributed by atoms with Gasteiger partial charge in [-0.25, -0.2) is 0 Å². The molecule has 1 amide bonds. The van der Waals surface area contributed by atoms with Gasteiger partial charge in [-0.3, -0.25) is 24.0 Å². The van der Waals surface area contributed by atoms with E-state index >= 15 is 0 Å². The molecule has 1 saturated heterocycles. The van der Waals surface area contributed by atoms with Gasteiger partial charge < -0.3 is 9.64 Å². The van der Waals surface area contributed by atoms with Gasteiger partial charge in [0.1, 0.15) is 25.7 Å². The van der Waals surface area contributed by atoms with Crippen LogP contribution in [0, 0.1) is 0 Å². The summed E-state index contributed by atoms with van der Waals surface area (Å²) in [6, 6.07) is 24.7. The van der Waals surface area contributed by atoms with Gasteiger partial charge in [-0.15, -0.1) is 17.9 Å². The van der Waals surface area contributed by atoms with Crippen molar-refractivity contribution in [3.8, 4) is 5.75 Å². The van der Waals surface area contributed by atoms with Crippen LogP contribution >= 0.6 is 35.3 Å². The van der Waals surface area contributed by atoms with Gasteiger partial charge in [-0.05, 0) is 48.6 Å². The fraction of sp³-hybridized carbons (Fsp3) is 0.100. The van der Waals surface area contributed by atoms with Crippen molar-refractivity contribution in [1.82, 2.24) is 4.57 Å². The minimum absolute atomic E-state index is 0.189. The lowest BCUT2D eigenvalue weighted by Gasteiger charge is -2.20. The maximum atomic E-state index is 14.2. The van der Waals surface area contributed by atoms with E-state index in [-0.39, 0.29) is 18.0 Å². The summed E-state index contributed by atoms with van der Waals surface area (Å²) in [6.45, 7) is 4.12. The number of benzene rings is 3. The van der Waals surface area contributed by atoms with Crippen LogP contribution in [0.15, 0.2) is 101 Å². The molecule has 10 heteroatoms. The quantitative estimate of drug-likeness (QED) is 0.255. The first-order valence-electron chi connectivity index (χ1n) is 12.4. The maximum Gasteiger partial charge on any atom is 0.284 e. The smallest absolute Gasteiger partial charge is 0.284 e. The number of rotatable bonds is 5. The molecular weight excluding hydrogens is 561 g/mol. The van der Waals surface area contributed by atoms with Gasteiger partial charge >= 0.3 is 0 Å². The van der Waals surface area contributed by atoms with Crippen LogP contribution in [0.3, 0.4) is 0 Å². The van der Waals surface area contributed by atoms with Gasteiger partial charge in [0.2, 0.25) is 0 Å². The van der Waals surface area contributed by atoms with Gasteiger partial charge in [0.05, 0.1) is 18.5 Å². The molecule has 0 radical (unpaired) electrons. The van der Waals surface area contributed by atoms with Crippen LogP contribution in [0.5, 0.6) is 5.75 Å². The standard InChI is InChI=1S/C30H24N4O3S3/c1-4-17-32-27(36)25(29-31(2)22-18-21(37-3)15-16-23(22)39-29)40-28(32)24-26(35)34(20-13-9-6-10-14-20)30(38)33(24)19-11-7-5-8-12-19/h4-16,18H,1,17H2,2-3H3. The minimum Gasteiger partial charge on any atom is -0.497 e. The molecule has 0 spiro atoms. The normalized spacial score (nSPS) is 17.5. The molecule has 2 aliphatic heterocycles. The first kappa shape index (κ1) is 26.1. The Balaban J connectivity index is 1.64. The van der Waals surface area contributed by atoms with Crippen LogP contribution in [-0.2, 0) is 11.3 Å².